The fourth-order valence-electron chi connectivity index (χ4n) is 5.08. The van der Waals surface area contributed by atoms with Crippen molar-refractivity contribution in [3.8, 4) is 0 Å². The molecule has 0 radical (unpaired) electrons. The minimum absolute atomic E-state index is 0.0336. The number of hydrogen-bond donors (Lipinski definition) is 0. The molecular formula is C12H17NO3. The lowest BCUT2D eigenvalue weighted by Gasteiger charge is -2.37. The van der Waals surface area contributed by atoms with Crippen molar-refractivity contribution in [2.75, 3.05) is 0 Å². The first kappa shape index (κ1) is 10.2. The van der Waals surface area contributed by atoms with Gasteiger partial charge in [0, 0.05) is 29.1 Å². The maximum atomic E-state index is 12.0. The van der Waals surface area contributed by atoms with Gasteiger partial charge >= 0.3 is 0 Å². The molecule has 3 aliphatic rings. The van der Waals surface area contributed by atoms with Crippen LogP contribution in [0.1, 0.15) is 45.4 Å². The van der Waals surface area contributed by atoms with Crippen LogP contribution in [-0.2, 0) is 4.79 Å². The maximum Gasteiger partial charge on any atom is 0.226 e. The number of ketones is 1. The van der Waals surface area contributed by atoms with E-state index in [2.05, 4.69) is 0 Å². The van der Waals surface area contributed by atoms with Gasteiger partial charge in [-0.25, -0.2) is 0 Å². The molecule has 4 heteroatoms. The van der Waals surface area contributed by atoms with Gasteiger partial charge in [-0.2, -0.15) is 0 Å². The van der Waals surface area contributed by atoms with Gasteiger partial charge in [-0.3, -0.25) is 14.9 Å². The lowest BCUT2D eigenvalue weighted by molar-refractivity contribution is -0.578. The monoisotopic (exact) mass is 223 g/mol. The first-order valence-corrected chi connectivity index (χ1v) is 6.19. The summed E-state index contributed by atoms with van der Waals surface area (Å²) in [7, 11) is 0. The third-order valence-electron chi connectivity index (χ3n) is 5.63. The Bertz CT molecular complexity index is 380. The molecule has 3 rings (SSSR count). The Balaban J connectivity index is 2.11. The second-order valence-electron chi connectivity index (χ2n) is 5.84. The van der Waals surface area contributed by atoms with Gasteiger partial charge in [-0.15, -0.1) is 0 Å². The predicted molar refractivity (Wildman–Crippen MR) is 57.5 cm³/mol. The van der Waals surface area contributed by atoms with E-state index in [1.165, 1.54) is 0 Å². The summed E-state index contributed by atoms with van der Waals surface area (Å²) in [5.41, 5.74) is -1.06. The van der Waals surface area contributed by atoms with Crippen molar-refractivity contribution in [3.63, 3.8) is 0 Å². The molecule has 3 fully saturated rings. The summed E-state index contributed by atoms with van der Waals surface area (Å²) in [5.74, 6) is 0.539. The Morgan fingerprint density at radius 2 is 2.12 bits per heavy atom. The Morgan fingerprint density at radius 3 is 2.75 bits per heavy atom. The summed E-state index contributed by atoms with van der Waals surface area (Å²) in [5, 5.41) is 11.4. The van der Waals surface area contributed by atoms with Gasteiger partial charge in [0.1, 0.15) is 5.78 Å². The average molecular weight is 223 g/mol. The summed E-state index contributed by atoms with van der Waals surface area (Å²) in [6, 6.07) is 0. The van der Waals surface area contributed by atoms with Crippen molar-refractivity contribution < 1.29 is 9.72 Å². The fourth-order valence-corrected chi connectivity index (χ4v) is 5.08. The summed E-state index contributed by atoms with van der Waals surface area (Å²) < 4.78 is 0. The van der Waals surface area contributed by atoms with Crippen LogP contribution in [0.2, 0.25) is 0 Å². The number of nitrogens with zero attached hydrogens (tertiary/aromatic N) is 1. The van der Waals surface area contributed by atoms with Crippen LogP contribution < -0.4 is 0 Å². The minimum Gasteiger partial charge on any atom is -0.299 e. The SMILES string of the molecule is CC(=O)C12CCCC1C1([N+](=O)[O-])CCC2C1. The largest absolute Gasteiger partial charge is 0.299 e. The smallest absolute Gasteiger partial charge is 0.226 e. The molecule has 3 saturated carbocycles. The van der Waals surface area contributed by atoms with Gasteiger partial charge in [0.05, 0.1) is 0 Å². The van der Waals surface area contributed by atoms with Crippen LogP contribution in [-0.4, -0.2) is 16.2 Å². The first-order valence-electron chi connectivity index (χ1n) is 6.19. The summed E-state index contributed by atoms with van der Waals surface area (Å²) in [6.07, 6.45) is 5.02. The molecule has 16 heavy (non-hydrogen) atoms. The molecule has 0 amide bonds. The number of carbonyl (C=O) groups excluding carboxylic acids is 1. The van der Waals surface area contributed by atoms with E-state index in [1.54, 1.807) is 6.92 Å². The molecule has 0 aromatic carbocycles. The van der Waals surface area contributed by atoms with Crippen molar-refractivity contribution in [2.24, 2.45) is 17.3 Å². The van der Waals surface area contributed by atoms with E-state index in [0.717, 1.165) is 25.7 Å². The van der Waals surface area contributed by atoms with Gasteiger partial charge in [0.2, 0.25) is 5.54 Å². The molecule has 0 aromatic rings. The number of carbonyl (C=O) groups is 1. The third-order valence-corrected chi connectivity index (χ3v) is 5.63. The molecule has 88 valence electrons. The van der Waals surface area contributed by atoms with Crippen LogP contribution in [0.4, 0.5) is 0 Å². The zero-order chi connectivity index (χ0) is 11.6. The van der Waals surface area contributed by atoms with Crippen molar-refractivity contribution >= 4 is 5.78 Å². The number of nitro groups is 1. The highest BCUT2D eigenvalue weighted by molar-refractivity contribution is 5.84. The minimum atomic E-state index is -0.743. The highest BCUT2D eigenvalue weighted by atomic mass is 16.6. The molecule has 0 aromatic heterocycles. The van der Waals surface area contributed by atoms with E-state index in [4.69, 9.17) is 0 Å². The Morgan fingerprint density at radius 1 is 1.38 bits per heavy atom. The van der Waals surface area contributed by atoms with Crippen molar-refractivity contribution in [1.82, 2.24) is 0 Å². The molecule has 0 heterocycles. The summed E-state index contributed by atoms with van der Waals surface area (Å²) in [4.78, 5) is 23.3. The predicted octanol–water partition coefficient (Wildman–Crippen LogP) is 2.19. The van der Waals surface area contributed by atoms with E-state index in [-0.39, 0.29) is 22.0 Å². The normalized spacial score (nSPS) is 49.3. The number of fused-ring (bicyclic) bond motifs is 5. The Kier molecular flexibility index (Phi) is 1.82. The molecule has 4 unspecified atom stereocenters. The lowest BCUT2D eigenvalue weighted by atomic mass is 9.64. The third kappa shape index (κ3) is 0.859. The van der Waals surface area contributed by atoms with E-state index in [1.807, 2.05) is 0 Å². The van der Waals surface area contributed by atoms with Gasteiger partial charge in [-0.05, 0) is 32.1 Å². The van der Waals surface area contributed by atoms with Crippen molar-refractivity contribution in [2.45, 2.75) is 51.0 Å². The molecule has 2 bridgehead atoms. The van der Waals surface area contributed by atoms with E-state index in [0.29, 0.717) is 18.8 Å². The fraction of sp³-hybridized carbons (Fsp3) is 0.917. The van der Waals surface area contributed by atoms with Crippen LogP contribution in [0.15, 0.2) is 0 Å². The first-order chi connectivity index (χ1) is 7.54. The van der Waals surface area contributed by atoms with Crippen LogP contribution in [0.25, 0.3) is 0 Å². The number of rotatable bonds is 2. The van der Waals surface area contributed by atoms with Crippen LogP contribution in [0.3, 0.4) is 0 Å². The quantitative estimate of drug-likeness (QED) is 0.532. The molecule has 0 saturated heterocycles. The zero-order valence-electron chi connectivity index (χ0n) is 9.57. The van der Waals surface area contributed by atoms with Gasteiger partial charge < -0.3 is 0 Å². The zero-order valence-corrected chi connectivity index (χ0v) is 9.57. The molecule has 0 aliphatic heterocycles. The highest BCUT2D eigenvalue weighted by Gasteiger charge is 2.74. The maximum absolute atomic E-state index is 12.0. The molecule has 0 N–H and O–H groups in total. The van der Waals surface area contributed by atoms with Crippen LogP contribution in [0.5, 0.6) is 0 Å². The van der Waals surface area contributed by atoms with E-state index >= 15 is 0 Å². The van der Waals surface area contributed by atoms with Gasteiger partial charge in [0.15, 0.2) is 0 Å². The number of hydrogen-bond acceptors (Lipinski definition) is 3. The lowest BCUT2D eigenvalue weighted by Crippen LogP contribution is -2.48. The molecule has 4 atom stereocenters. The van der Waals surface area contributed by atoms with E-state index in [9.17, 15) is 14.9 Å². The topological polar surface area (TPSA) is 60.2 Å². The van der Waals surface area contributed by atoms with Gasteiger partial charge in [-0.1, -0.05) is 6.42 Å². The number of Topliss-reactive ketones (excluding diaryl/α,β-unsaturated/α-hetero) is 1. The van der Waals surface area contributed by atoms with Crippen molar-refractivity contribution in [3.05, 3.63) is 10.1 Å². The molecule has 3 aliphatic carbocycles. The standard InChI is InChI=1S/C12H17NO3/c1-8(14)12-5-2-3-10(12)11(13(15)16)6-4-9(12)7-11/h9-10H,2-7H2,1H3. The van der Waals surface area contributed by atoms with Gasteiger partial charge in [0.25, 0.3) is 0 Å². The molecule has 4 nitrogen and oxygen atoms in total. The summed E-state index contributed by atoms with van der Waals surface area (Å²) >= 11 is 0. The van der Waals surface area contributed by atoms with Crippen molar-refractivity contribution in [1.29, 1.82) is 0 Å². The second kappa shape index (κ2) is 2.84. The van der Waals surface area contributed by atoms with Crippen LogP contribution >= 0.6 is 0 Å². The Labute approximate surface area is 94.6 Å². The van der Waals surface area contributed by atoms with E-state index < -0.39 is 5.54 Å². The molecule has 0 spiro atoms. The molecular weight excluding hydrogens is 206 g/mol. The summed E-state index contributed by atoms with van der Waals surface area (Å²) in [6.45, 7) is 1.65. The average Bonchev–Trinajstić information content (AvgIpc) is 2.88. The Hall–Kier alpha value is -0.930. The second-order valence-corrected chi connectivity index (χ2v) is 5.84. The highest BCUT2D eigenvalue weighted by Crippen LogP contribution is 2.69. The van der Waals surface area contributed by atoms with Crippen LogP contribution in [0, 0.1) is 27.4 Å².